The van der Waals surface area contributed by atoms with Gasteiger partial charge < -0.3 is 30.2 Å². The van der Waals surface area contributed by atoms with E-state index in [0.717, 1.165) is 58.8 Å². The van der Waals surface area contributed by atoms with E-state index in [0.29, 0.717) is 6.54 Å². The minimum absolute atomic E-state index is 0.578. The Morgan fingerprint density at radius 2 is 0.632 bits per heavy atom. The van der Waals surface area contributed by atoms with E-state index in [1.807, 2.05) is 0 Å². The van der Waals surface area contributed by atoms with E-state index in [9.17, 15) is 0 Å². The molecule has 0 spiro atoms. The summed E-state index contributed by atoms with van der Waals surface area (Å²) in [7, 11) is 11.2. The minimum Gasteiger partial charge on any atom is -0.326 e. The average molecular weight is 1180 g/mol. The van der Waals surface area contributed by atoms with E-state index in [-0.39, 0.29) is 0 Å². The van der Waals surface area contributed by atoms with E-state index < -0.39 is 0 Å². The molecule has 0 aromatic heterocycles. The molecule has 0 bridgehead atoms. The lowest BCUT2D eigenvalue weighted by Crippen LogP contribution is -2.28. The van der Waals surface area contributed by atoms with Crippen LogP contribution < -0.4 is 5.73 Å². The molecule has 5 fully saturated rings. The third-order valence-electron chi connectivity index (χ3n) is 19.3. The molecule has 0 aliphatic carbocycles. The van der Waals surface area contributed by atoms with Crippen LogP contribution in [0.15, 0.2) is 127 Å². The third kappa shape index (κ3) is 21.0. The quantitative estimate of drug-likeness (QED) is 0.107. The summed E-state index contributed by atoms with van der Waals surface area (Å²) in [6, 6.07) is 48.3. The second kappa shape index (κ2) is 34.2. The molecule has 11 nitrogen and oxygen atoms in total. The van der Waals surface area contributed by atoms with E-state index in [4.69, 9.17) is 5.73 Å². The van der Waals surface area contributed by atoms with Crippen LogP contribution in [0.5, 0.6) is 0 Å². The fraction of sp³-hybridized carbons (Fsp3) is 0.526. The highest BCUT2D eigenvalue weighted by atomic mass is 15.2. The Morgan fingerprint density at radius 1 is 0.287 bits per heavy atom. The summed E-state index contributed by atoms with van der Waals surface area (Å²) in [5.74, 6) is 0. The van der Waals surface area contributed by atoms with Gasteiger partial charge in [0.05, 0.1) is 0 Å². The van der Waals surface area contributed by atoms with Crippen molar-refractivity contribution < 1.29 is 0 Å². The molecule has 0 radical (unpaired) electrons. The van der Waals surface area contributed by atoms with Crippen LogP contribution in [-0.4, -0.2) is 215 Å². The highest BCUT2D eigenvalue weighted by molar-refractivity contribution is 5.69. The molecule has 5 heterocycles. The van der Waals surface area contributed by atoms with Crippen molar-refractivity contribution in [3.05, 3.63) is 177 Å². The van der Waals surface area contributed by atoms with Crippen molar-refractivity contribution >= 4 is 0 Å². The molecule has 0 saturated carbocycles. The number of hydrogen-bond acceptors (Lipinski definition) is 11. The maximum Gasteiger partial charge on any atom is 0.0236 e. The first-order valence-corrected chi connectivity index (χ1v) is 33.7. The Balaban J connectivity index is 0.000000157. The lowest BCUT2D eigenvalue weighted by molar-refractivity contribution is 0.269. The first kappa shape index (κ1) is 66.3. The van der Waals surface area contributed by atoms with Gasteiger partial charge in [0, 0.05) is 105 Å². The van der Waals surface area contributed by atoms with Gasteiger partial charge in [-0.05, 0) is 237 Å². The van der Waals surface area contributed by atoms with Crippen molar-refractivity contribution in [2.75, 3.05) is 166 Å². The van der Waals surface area contributed by atoms with Crippen LogP contribution >= 0.6 is 0 Å². The van der Waals surface area contributed by atoms with Crippen LogP contribution in [0.25, 0.3) is 33.4 Å². The third-order valence-corrected chi connectivity index (χ3v) is 19.3. The molecule has 87 heavy (non-hydrogen) atoms. The summed E-state index contributed by atoms with van der Waals surface area (Å²) in [6.45, 7) is 36.3. The summed E-state index contributed by atoms with van der Waals surface area (Å²) < 4.78 is 0. The highest BCUT2D eigenvalue weighted by Gasteiger charge is 2.19. The molecule has 5 aliphatic rings. The van der Waals surface area contributed by atoms with Gasteiger partial charge in [0.25, 0.3) is 0 Å². The second-order valence-corrected chi connectivity index (χ2v) is 26.6. The Kier molecular flexibility index (Phi) is 26.0. The topological polar surface area (TPSA) is 58.4 Å². The molecule has 5 aliphatic heterocycles. The predicted molar refractivity (Wildman–Crippen MR) is 369 cm³/mol. The van der Waals surface area contributed by atoms with Gasteiger partial charge in [-0.3, -0.25) is 24.5 Å². The summed E-state index contributed by atoms with van der Waals surface area (Å²) in [6.07, 6.45) is 7.43. The van der Waals surface area contributed by atoms with Crippen LogP contribution in [0.2, 0.25) is 0 Å². The fourth-order valence-corrected chi connectivity index (χ4v) is 13.5. The largest absolute Gasteiger partial charge is 0.326 e. The molecule has 0 amide bonds. The van der Waals surface area contributed by atoms with Gasteiger partial charge in [-0.2, -0.15) is 0 Å². The molecule has 6 aromatic rings. The van der Waals surface area contributed by atoms with Crippen molar-refractivity contribution in [1.29, 1.82) is 0 Å². The first-order chi connectivity index (χ1) is 42.3. The monoisotopic (exact) mass is 1180 g/mol. The molecule has 0 atom stereocenters. The number of likely N-dealkylation sites (N-methyl/N-ethyl adjacent to an activating group) is 5. The van der Waals surface area contributed by atoms with Gasteiger partial charge in [-0.15, -0.1) is 0 Å². The lowest BCUT2D eigenvalue weighted by Gasteiger charge is -2.21. The minimum atomic E-state index is 0.578. The number of nitrogens with two attached hydrogens (primary N) is 1. The van der Waals surface area contributed by atoms with E-state index in [2.05, 4.69) is 232 Å². The van der Waals surface area contributed by atoms with E-state index in [1.165, 1.54) is 227 Å². The number of hydrogen-bond donors (Lipinski definition) is 1. The first-order valence-electron chi connectivity index (χ1n) is 33.7. The summed E-state index contributed by atoms with van der Waals surface area (Å²) in [4.78, 5) is 25.2. The summed E-state index contributed by atoms with van der Waals surface area (Å²) >= 11 is 0. The summed E-state index contributed by atoms with van der Waals surface area (Å²) in [5.41, 5.74) is 26.6. The zero-order chi connectivity index (χ0) is 60.9. The van der Waals surface area contributed by atoms with Crippen LogP contribution in [0.3, 0.4) is 0 Å². The van der Waals surface area contributed by atoms with Crippen molar-refractivity contribution in [2.24, 2.45) is 5.73 Å². The maximum absolute atomic E-state index is 6.18. The van der Waals surface area contributed by atoms with Gasteiger partial charge in [-0.25, -0.2) is 0 Å². The molecule has 0 unspecified atom stereocenters. The Morgan fingerprint density at radius 3 is 1.03 bits per heavy atom. The molecular weight excluding hydrogens is 1070 g/mol. The zero-order valence-corrected chi connectivity index (χ0v) is 55.3. The van der Waals surface area contributed by atoms with Crippen molar-refractivity contribution in [3.8, 4) is 33.4 Å². The normalized spacial score (nSPS) is 19.4. The van der Waals surface area contributed by atoms with E-state index >= 15 is 0 Å². The van der Waals surface area contributed by atoms with E-state index in [1.54, 1.807) is 0 Å². The molecule has 2 N–H and O–H groups in total. The highest BCUT2D eigenvalue weighted by Crippen LogP contribution is 2.29. The van der Waals surface area contributed by atoms with Gasteiger partial charge >= 0.3 is 0 Å². The molecule has 11 rings (SSSR count). The Labute approximate surface area is 527 Å². The Hall–Kier alpha value is -5.12. The van der Waals surface area contributed by atoms with Gasteiger partial charge in [0.2, 0.25) is 0 Å². The molecular formula is C76H111N11. The molecule has 6 aromatic carbocycles. The van der Waals surface area contributed by atoms with Crippen LogP contribution in [0.1, 0.15) is 89.1 Å². The predicted octanol–water partition coefficient (Wildman–Crippen LogP) is 11.4. The van der Waals surface area contributed by atoms with Crippen LogP contribution in [0.4, 0.5) is 0 Å². The van der Waals surface area contributed by atoms with Crippen molar-refractivity contribution in [2.45, 2.75) is 98.6 Å². The van der Waals surface area contributed by atoms with Gasteiger partial charge in [0.1, 0.15) is 0 Å². The average Bonchev–Trinajstić information content (AvgIpc) is 3.13. The van der Waals surface area contributed by atoms with Gasteiger partial charge in [0.15, 0.2) is 0 Å². The zero-order valence-electron chi connectivity index (χ0n) is 55.3. The molecule has 11 heteroatoms. The standard InChI is InChI=1S/C27H41N5.C27H40N4.C22H30N2/c1-29-11-3-13-31(17-15-29)21-23-5-8-25(9-6-23)27-10-7-24(19-26(27)20-28)22-32-14-4-12-30(2)16-18-32;1-23-20-26(10-11-27(23)22-31-15-5-13-29(3)17-19-31)25-8-6-24(7-9-25)21-30-14-4-12-28(2)16-18-30;1-4-19-6-9-21(10-7-19)22-11-8-20(16-18(22)2)17-24-13-5-12-23(3)14-15-24/h5-10,19H,3-4,11-18,20-22,28H2,1-2H3;6-11,20H,4-5,12-19,21-22H2,1-3H3;6-11,16H,4-5,12-15,17H2,1-3H3. The van der Waals surface area contributed by atoms with Crippen molar-refractivity contribution in [3.63, 3.8) is 0 Å². The Bertz CT molecular complexity index is 2980. The smallest absolute Gasteiger partial charge is 0.0236 e. The molecule has 5 saturated heterocycles. The molecule has 470 valence electrons. The summed E-state index contributed by atoms with van der Waals surface area (Å²) in [5, 5.41) is 0. The number of aryl methyl sites for hydroxylation is 3. The van der Waals surface area contributed by atoms with Gasteiger partial charge in [-0.1, -0.05) is 134 Å². The fourth-order valence-electron chi connectivity index (χ4n) is 13.5. The lowest BCUT2D eigenvalue weighted by atomic mass is 9.96. The SMILES string of the molecule is CCc1ccc(-c2ccc(CN3CCCN(C)CC3)cc2C)cc1.CN1CCCN(Cc2ccc(-c3ccc(CN4CCCN(C)CC4)cc3CN)cc2)CC1.Cc1cc(-c2ccc(CN3CCCN(C)CC3)cc2)ccc1CN1CCCN(C)CC1. The number of nitrogens with zero attached hydrogens (tertiary/aromatic N) is 10. The van der Waals surface area contributed by atoms with Crippen molar-refractivity contribution in [1.82, 2.24) is 49.0 Å². The van der Waals surface area contributed by atoms with Crippen LogP contribution in [-0.2, 0) is 45.7 Å². The second-order valence-electron chi connectivity index (χ2n) is 26.6. The van der Waals surface area contributed by atoms with Crippen LogP contribution in [0, 0.1) is 13.8 Å². The number of benzene rings is 6. The maximum atomic E-state index is 6.18. The number of rotatable bonds is 15.